The first-order valence-electron chi connectivity index (χ1n) is 6.59. The molecular formula is C16H16N2O2S. The molecule has 5 heteroatoms. The first-order chi connectivity index (χ1) is 10.1. The van der Waals surface area contributed by atoms with E-state index in [0.717, 1.165) is 4.88 Å². The van der Waals surface area contributed by atoms with Crippen molar-refractivity contribution in [3.05, 3.63) is 46.2 Å². The summed E-state index contributed by atoms with van der Waals surface area (Å²) in [6, 6.07) is 13.1. The summed E-state index contributed by atoms with van der Waals surface area (Å²) in [4.78, 5) is 14.3. The third-order valence-electron chi connectivity index (χ3n) is 2.78. The van der Waals surface area contributed by atoms with Crippen LogP contribution in [0, 0.1) is 18.3 Å². The van der Waals surface area contributed by atoms with E-state index in [1.54, 1.807) is 36.5 Å². The number of carbonyl (C=O) groups excluding carboxylic acids is 1. The van der Waals surface area contributed by atoms with Gasteiger partial charge in [0.1, 0.15) is 11.8 Å². The molecule has 0 saturated heterocycles. The largest absolute Gasteiger partial charge is 0.474 e. The average molecular weight is 300 g/mol. The fraction of sp³-hybridized carbons (Fsp3) is 0.250. The number of hydrogen-bond donors (Lipinski definition) is 1. The summed E-state index contributed by atoms with van der Waals surface area (Å²) < 4.78 is 5.48. The minimum Gasteiger partial charge on any atom is -0.474 e. The van der Waals surface area contributed by atoms with Crippen LogP contribution in [0.3, 0.4) is 0 Å². The van der Waals surface area contributed by atoms with Crippen molar-refractivity contribution in [1.29, 1.82) is 5.26 Å². The Kier molecular flexibility index (Phi) is 4.96. The van der Waals surface area contributed by atoms with Crippen LogP contribution in [0.1, 0.15) is 16.7 Å². The van der Waals surface area contributed by atoms with Crippen molar-refractivity contribution in [3.8, 4) is 11.8 Å². The lowest BCUT2D eigenvalue weighted by atomic mass is 10.2. The Morgan fingerprint density at radius 1 is 1.38 bits per heavy atom. The van der Waals surface area contributed by atoms with Crippen LogP contribution >= 0.6 is 11.3 Å². The van der Waals surface area contributed by atoms with Gasteiger partial charge >= 0.3 is 0 Å². The SMILES string of the molecule is Cc1ccc(CC(=O)Nc2ccccc2O[C@H](C)C#N)s1. The molecule has 2 aromatic rings. The first kappa shape index (κ1) is 15.1. The van der Waals surface area contributed by atoms with Crippen LogP contribution < -0.4 is 10.1 Å². The molecule has 0 radical (unpaired) electrons. The number of nitrogens with zero attached hydrogens (tertiary/aromatic N) is 1. The topological polar surface area (TPSA) is 62.1 Å². The molecule has 0 spiro atoms. The van der Waals surface area contributed by atoms with Crippen LogP contribution in [-0.2, 0) is 11.2 Å². The lowest BCUT2D eigenvalue weighted by molar-refractivity contribution is -0.115. The second kappa shape index (κ2) is 6.91. The van der Waals surface area contributed by atoms with Gasteiger partial charge in [0.2, 0.25) is 5.91 Å². The lowest BCUT2D eigenvalue weighted by Gasteiger charge is -2.13. The molecule has 1 atom stereocenters. The summed E-state index contributed by atoms with van der Waals surface area (Å²) in [6.07, 6.45) is -0.233. The van der Waals surface area contributed by atoms with Gasteiger partial charge in [-0.15, -0.1) is 11.3 Å². The Balaban J connectivity index is 2.05. The third kappa shape index (κ3) is 4.33. The zero-order valence-electron chi connectivity index (χ0n) is 11.9. The van der Waals surface area contributed by atoms with Gasteiger partial charge in [0.25, 0.3) is 0 Å². The zero-order chi connectivity index (χ0) is 15.2. The summed E-state index contributed by atoms with van der Waals surface area (Å²) in [7, 11) is 0. The van der Waals surface area contributed by atoms with E-state index in [2.05, 4.69) is 5.32 Å². The maximum atomic E-state index is 12.1. The molecule has 108 valence electrons. The number of rotatable bonds is 5. The smallest absolute Gasteiger partial charge is 0.229 e. The molecular weight excluding hydrogens is 284 g/mol. The molecule has 0 aliphatic rings. The molecule has 0 aliphatic carbocycles. The van der Waals surface area contributed by atoms with Crippen LogP contribution in [0.15, 0.2) is 36.4 Å². The molecule has 0 saturated carbocycles. The van der Waals surface area contributed by atoms with E-state index in [9.17, 15) is 4.79 Å². The molecule has 0 unspecified atom stereocenters. The van der Waals surface area contributed by atoms with Crippen LogP contribution in [0.2, 0.25) is 0 Å². The first-order valence-corrected chi connectivity index (χ1v) is 7.40. The fourth-order valence-electron chi connectivity index (χ4n) is 1.82. The van der Waals surface area contributed by atoms with Gasteiger partial charge in [-0.25, -0.2) is 0 Å². The summed E-state index contributed by atoms with van der Waals surface area (Å²) >= 11 is 1.61. The number of thiophene rings is 1. The number of nitriles is 1. The second-order valence-electron chi connectivity index (χ2n) is 4.62. The van der Waals surface area contributed by atoms with Crippen LogP contribution in [0.25, 0.3) is 0 Å². The second-order valence-corrected chi connectivity index (χ2v) is 6.00. The Bertz CT molecular complexity index is 673. The number of benzene rings is 1. The summed E-state index contributed by atoms with van der Waals surface area (Å²) in [5.74, 6) is 0.403. The maximum Gasteiger partial charge on any atom is 0.229 e. The molecule has 0 fully saturated rings. The van der Waals surface area contributed by atoms with Gasteiger partial charge in [-0.2, -0.15) is 5.26 Å². The van der Waals surface area contributed by atoms with Gasteiger partial charge in [-0.1, -0.05) is 12.1 Å². The van der Waals surface area contributed by atoms with Crippen LogP contribution in [-0.4, -0.2) is 12.0 Å². The highest BCUT2D eigenvalue weighted by atomic mass is 32.1. The van der Waals surface area contributed by atoms with Gasteiger partial charge in [-0.05, 0) is 38.1 Å². The molecule has 1 amide bonds. The molecule has 1 aromatic carbocycles. The number of nitrogens with one attached hydrogen (secondary N) is 1. The van der Waals surface area contributed by atoms with E-state index in [4.69, 9.17) is 10.00 Å². The quantitative estimate of drug-likeness (QED) is 0.918. The van der Waals surface area contributed by atoms with Crippen LogP contribution in [0.5, 0.6) is 5.75 Å². The zero-order valence-corrected chi connectivity index (χ0v) is 12.7. The van der Waals surface area contributed by atoms with Crippen molar-refractivity contribution in [2.24, 2.45) is 0 Å². The molecule has 1 aromatic heterocycles. The van der Waals surface area contributed by atoms with Gasteiger partial charge in [0.05, 0.1) is 12.1 Å². The van der Waals surface area contributed by atoms with Gasteiger partial charge in [-0.3, -0.25) is 4.79 Å². The minimum atomic E-state index is -0.567. The van der Waals surface area contributed by atoms with Crippen LogP contribution in [0.4, 0.5) is 5.69 Å². The highest BCUT2D eigenvalue weighted by molar-refractivity contribution is 7.12. The van der Waals surface area contributed by atoms with Crippen molar-refractivity contribution in [3.63, 3.8) is 0 Å². The molecule has 4 nitrogen and oxygen atoms in total. The number of carbonyl (C=O) groups is 1. The predicted octanol–water partition coefficient (Wildman–Crippen LogP) is 3.53. The van der Waals surface area contributed by atoms with E-state index in [1.165, 1.54) is 4.88 Å². The molecule has 2 rings (SSSR count). The fourth-order valence-corrected chi connectivity index (χ4v) is 2.71. The molecule has 21 heavy (non-hydrogen) atoms. The molecule has 1 N–H and O–H groups in total. The Morgan fingerprint density at radius 3 is 2.81 bits per heavy atom. The summed E-state index contributed by atoms with van der Waals surface area (Å²) in [5, 5.41) is 11.6. The molecule has 0 aliphatic heterocycles. The Hall–Kier alpha value is -2.32. The van der Waals surface area contributed by atoms with Crippen molar-refractivity contribution in [2.45, 2.75) is 26.4 Å². The minimum absolute atomic E-state index is 0.0995. The van der Waals surface area contributed by atoms with E-state index in [1.807, 2.05) is 31.2 Å². The van der Waals surface area contributed by atoms with Gasteiger partial charge < -0.3 is 10.1 Å². The predicted molar refractivity (Wildman–Crippen MR) is 83.5 cm³/mol. The normalized spacial score (nSPS) is 11.5. The number of aryl methyl sites for hydroxylation is 1. The third-order valence-corrected chi connectivity index (χ3v) is 3.78. The summed E-state index contributed by atoms with van der Waals surface area (Å²) in [6.45, 7) is 3.67. The van der Waals surface area contributed by atoms with Crippen molar-refractivity contribution < 1.29 is 9.53 Å². The van der Waals surface area contributed by atoms with E-state index >= 15 is 0 Å². The number of ether oxygens (including phenoxy) is 1. The van der Waals surface area contributed by atoms with E-state index in [0.29, 0.717) is 17.9 Å². The van der Waals surface area contributed by atoms with E-state index < -0.39 is 6.10 Å². The number of para-hydroxylation sites is 2. The van der Waals surface area contributed by atoms with Gasteiger partial charge in [0, 0.05) is 9.75 Å². The highest BCUT2D eigenvalue weighted by Gasteiger charge is 2.11. The van der Waals surface area contributed by atoms with Crippen molar-refractivity contribution in [1.82, 2.24) is 0 Å². The van der Waals surface area contributed by atoms with E-state index in [-0.39, 0.29) is 5.91 Å². The average Bonchev–Trinajstić information content (AvgIpc) is 2.86. The monoisotopic (exact) mass is 300 g/mol. The highest BCUT2D eigenvalue weighted by Crippen LogP contribution is 2.25. The van der Waals surface area contributed by atoms with Crippen molar-refractivity contribution in [2.75, 3.05) is 5.32 Å². The number of hydrogen-bond acceptors (Lipinski definition) is 4. The summed E-state index contributed by atoms with van der Waals surface area (Å²) in [5.41, 5.74) is 0.581. The molecule has 1 heterocycles. The Morgan fingerprint density at radius 2 is 2.14 bits per heavy atom. The standard InChI is InChI=1S/C16H16N2O2S/c1-11(10-17)20-15-6-4-3-5-14(15)18-16(19)9-13-8-7-12(2)21-13/h3-8,11H,9H2,1-2H3,(H,18,19)/t11-/m1/s1. The van der Waals surface area contributed by atoms with Crippen molar-refractivity contribution >= 4 is 22.9 Å². The number of anilines is 1. The maximum absolute atomic E-state index is 12.1. The lowest BCUT2D eigenvalue weighted by Crippen LogP contribution is -2.16. The van der Waals surface area contributed by atoms with Gasteiger partial charge in [0.15, 0.2) is 6.10 Å². The number of amides is 1. The Labute approximate surface area is 128 Å². The molecule has 0 bridgehead atoms.